The van der Waals surface area contributed by atoms with Gasteiger partial charge in [-0.25, -0.2) is 0 Å². The highest BCUT2D eigenvalue weighted by Gasteiger charge is 2.03. The summed E-state index contributed by atoms with van der Waals surface area (Å²) in [6.07, 6.45) is 1.66. The van der Waals surface area contributed by atoms with Gasteiger partial charge in [0, 0.05) is 19.0 Å². The first-order valence-electron chi connectivity index (χ1n) is 5.29. The fraction of sp³-hybridized carbons (Fsp3) is 0.333. The summed E-state index contributed by atoms with van der Waals surface area (Å²) in [5, 5.41) is 3.85. The Balaban J connectivity index is 2.02. The zero-order valence-corrected chi connectivity index (χ0v) is 9.53. The van der Waals surface area contributed by atoms with Gasteiger partial charge in [-0.05, 0) is 30.5 Å². The lowest BCUT2D eigenvalue weighted by molar-refractivity contribution is 0.387. The molecule has 84 valence electrons. The number of nitrogen functional groups attached to an aromatic ring is 1. The summed E-state index contributed by atoms with van der Waals surface area (Å²) in [4.78, 5) is 4.16. The highest BCUT2D eigenvalue weighted by molar-refractivity contribution is 5.48. The molecule has 2 N–H and O–H groups in total. The Morgan fingerprint density at radius 1 is 1.25 bits per heavy atom. The van der Waals surface area contributed by atoms with Crippen LogP contribution in [0.3, 0.4) is 0 Å². The van der Waals surface area contributed by atoms with E-state index in [2.05, 4.69) is 16.2 Å². The first-order valence-corrected chi connectivity index (χ1v) is 5.29. The molecule has 2 rings (SSSR count). The lowest BCUT2D eigenvalue weighted by Gasteiger charge is -2.03. The van der Waals surface area contributed by atoms with Gasteiger partial charge in [0.1, 0.15) is 0 Å². The Hall–Kier alpha value is -1.84. The average molecular weight is 217 g/mol. The van der Waals surface area contributed by atoms with Crippen LogP contribution in [0.15, 0.2) is 22.7 Å². The van der Waals surface area contributed by atoms with E-state index in [1.54, 1.807) is 6.92 Å². The highest BCUT2D eigenvalue weighted by Crippen LogP contribution is 2.14. The zero-order valence-electron chi connectivity index (χ0n) is 9.53. The van der Waals surface area contributed by atoms with E-state index in [1.807, 2.05) is 19.1 Å². The van der Waals surface area contributed by atoms with E-state index in [0.717, 1.165) is 29.9 Å². The molecule has 4 nitrogen and oxygen atoms in total. The molecule has 0 aliphatic carbocycles. The minimum atomic E-state index is 0.610. The quantitative estimate of drug-likeness (QED) is 0.799. The van der Waals surface area contributed by atoms with E-state index in [9.17, 15) is 0 Å². The molecule has 2 aromatic rings. The van der Waals surface area contributed by atoms with Crippen molar-refractivity contribution in [3.63, 3.8) is 0 Å². The minimum absolute atomic E-state index is 0.610. The average Bonchev–Trinajstić information content (AvgIpc) is 2.66. The third-order valence-corrected chi connectivity index (χ3v) is 2.55. The number of hydrogen-bond donors (Lipinski definition) is 1. The van der Waals surface area contributed by atoms with E-state index >= 15 is 0 Å². The van der Waals surface area contributed by atoms with Crippen LogP contribution in [0.2, 0.25) is 0 Å². The van der Waals surface area contributed by atoms with Crippen LogP contribution in [0.25, 0.3) is 0 Å². The molecule has 0 bridgehead atoms. The topological polar surface area (TPSA) is 64.9 Å². The Bertz CT molecular complexity index is 491. The Morgan fingerprint density at radius 3 is 2.69 bits per heavy atom. The smallest absolute Gasteiger partial charge is 0.223 e. The molecule has 0 atom stereocenters. The summed E-state index contributed by atoms with van der Waals surface area (Å²) in [6.45, 7) is 3.79. The fourth-order valence-corrected chi connectivity index (χ4v) is 1.54. The van der Waals surface area contributed by atoms with Crippen molar-refractivity contribution in [2.45, 2.75) is 26.7 Å². The minimum Gasteiger partial charge on any atom is -0.399 e. The van der Waals surface area contributed by atoms with Gasteiger partial charge >= 0.3 is 0 Å². The second-order valence-corrected chi connectivity index (χ2v) is 3.92. The fourth-order valence-electron chi connectivity index (χ4n) is 1.54. The zero-order chi connectivity index (χ0) is 11.5. The maximum Gasteiger partial charge on any atom is 0.223 e. The highest BCUT2D eigenvalue weighted by atomic mass is 16.5. The Kier molecular flexibility index (Phi) is 2.90. The summed E-state index contributed by atoms with van der Waals surface area (Å²) >= 11 is 0. The molecule has 0 radical (unpaired) electrons. The number of hydrogen-bond acceptors (Lipinski definition) is 4. The molecule has 1 heterocycles. The van der Waals surface area contributed by atoms with E-state index in [-0.39, 0.29) is 0 Å². The van der Waals surface area contributed by atoms with Gasteiger partial charge in [0.2, 0.25) is 5.89 Å². The number of nitrogens with two attached hydrogens (primary N) is 1. The third-order valence-electron chi connectivity index (χ3n) is 2.55. The third kappa shape index (κ3) is 2.39. The van der Waals surface area contributed by atoms with E-state index in [0.29, 0.717) is 5.89 Å². The van der Waals surface area contributed by atoms with Crippen LogP contribution >= 0.6 is 0 Å². The molecule has 1 aromatic heterocycles. The first kappa shape index (κ1) is 10.7. The molecule has 0 aliphatic heterocycles. The van der Waals surface area contributed by atoms with E-state index in [1.165, 1.54) is 5.56 Å². The van der Waals surface area contributed by atoms with Gasteiger partial charge in [-0.15, -0.1) is 0 Å². The van der Waals surface area contributed by atoms with Gasteiger partial charge in [-0.1, -0.05) is 17.3 Å². The largest absolute Gasteiger partial charge is 0.399 e. The summed E-state index contributed by atoms with van der Waals surface area (Å²) in [5.41, 5.74) is 8.99. The van der Waals surface area contributed by atoms with Crippen molar-refractivity contribution in [1.29, 1.82) is 0 Å². The van der Waals surface area contributed by atoms with Crippen molar-refractivity contribution < 1.29 is 4.52 Å². The number of nitrogens with zero attached hydrogens (tertiary/aromatic N) is 2. The SMILES string of the molecule is Cc1nc(CCc2ccc(C)c(N)c2)no1. The molecule has 0 spiro atoms. The molecular formula is C12H15N3O. The lowest BCUT2D eigenvalue weighted by atomic mass is 10.1. The van der Waals surface area contributed by atoms with Crippen molar-refractivity contribution in [2.24, 2.45) is 0 Å². The summed E-state index contributed by atoms with van der Waals surface area (Å²) in [7, 11) is 0. The molecule has 0 aliphatic rings. The van der Waals surface area contributed by atoms with Gasteiger partial charge in [-0.3, -0.25) is 0 Å². The summed E-state index contributed by atoms with van der Waals surface area (Å²) in [5.74, 6) is 1.36. The van der Waals surface area contributed by atoms with E-state index < -0.39 is 0 Å². The van der Waals surface area contributed by atoms with Crippen LogP contribution in [-0.2, 0) is 12.8 Å². The Morgan fingerprint density at radius 2 is 2.06 bits per heavy atom. The molecule has 16 heavy (non-hydrogen) atoms. The number of aromatic nitrogens is 2. The first-order chi connectivity index (χ1) is 7.65. The van der Waals surface area contributed by atoms with Crippen molar-refractivity contribution >= 4 is 5.69 Å². The van der Waals surface area contributed by atoms with Crippen LogP contribution in [0, 0.1) is 13.8 Å². The predicted octanol–water partition coefficient (Wildman–Crippen LogP) is 2.05. The van der Waals surface area contributed by atoms with Crippen molar-refractivity contribution in [3.8, 4) is 0 Å². The molecule has 0 saturated carbocycles. The second-order valence-electron chi connectivity index (χ2n) is 3.92. The van der Waals surface area contributed by atoms with Crippen molar-refractivity contribution in [2.75, 3.05) is 5.73 Å². The molecule has 0 unspecified atom stereocenters. The molecule has 1 aromatic carbocycles. The predicted molar refractivity (Wildman–Crippen MR) is 62.0 cm³/mol. The van der Waals surface area contributed by atoms with Crippen LogP contribution in [0.5, 0.6) is 0 Å². The molecule has 0 fully saturated rings. The van der Waals surface area contributed by atoms with Gasteiger partial charge in [0.05, 0.1) is 0 Å². The summed E-state index contributed by atoms with van der Waals surface area (Å²) in [6, 6.07) is 6.12. The lowest BCUT2D eigenvalue weighted by Crippen LogP contribution is -1.96. The summed E-state index contributed by atoms with van der Waals surface area (Å²) < 4.78 is 4.91. The van der Waals surface area contributed by atoms with Crippen molar-refractivity contribution in [3.05, 3.63) is 41.0 Å². The standard InChI is InChI=1S/C12H15N3O/c1-8-3-4-10(7-11(8)13)5-6-12-14-9(2)16-15-12/h3-4,7H,5-6,13H2,1-2H3. The normalized spacial score (nSPS) is 10.6. The van der Waals surface area contributed by atoms with Gasteiger partial charge in [0.25, 0.3) is 0 Å². The van der Waals surface area contributed by atoms with E-state index in [4.69, 9.17) is 10.3 Å². The van der Waals surface area contributed by atoms with Crippen LogP contribution < -0.4 is 5.73 Å². The maximum atomic E-state index is 5.84. The van der Waals surface area contributed by atoms with Gasteiger partial charge < -0.3 is 10.3 Å². The van der Waals surface area contributed by atoms with Gasteiger partial charge in [-0.2, -0.15) is 4.98 Å². The number of rotatable bonds is 3. The number of anilines is 1. The second kappa shape index (κ2) is 4.35. The van der Waals surface area contributed by atoms with Crippen LogP contribution in [0.1, 0.15) is 22.8 Å². The van der Waals surface area contributed by atoms with Crippen LogP contribution in [0.4, 0.5) is 5.69 Å². The molecule has 0 saturated heterocycles. The molecule has 0 amide bonds. The van der Waals surface area contributed by atoms with Crippen LogP contribution in [-0.4, -0.2) is 10.1 Å². The Labute approximate surface area is 94.5 Å². The molecular weight excluding hydrogens is 202 g/mol. The van der Waals surface area contributed by atoms with Crippen molar-refractivity contribution in [1.82, 2.24) is 10.1 Å². The van der Waals surface area contributed by atoms with Gasteiger partial charge in [0.15, 0.2) is 5.82 Å². The molecule has 4 heteroatoms. The number of benzene rings is 1. The monoisotopic (exact) mass is 217 g/mol. The maximum absolute atomic E-state index is 5.84. The number of aryl methyl sites for hydroxylation is 4.